The van der Waals surface area contributed by atoms with Gasteiger partial charge in [0.1, 0.15) is 0 Å². The van der Waals surface area contributed by atoms with Gasteiger partial charge in [-0.15, -0.1) is 0 Å². The van der Waals surface area contributed by atoms with Gasteiger partial charge in [0.25, 0.3) is 5.91 Å². The van der Waals surface area contributed by atoms with Crippen LogP contribution in [0.4, 0.5) is 5.69 Å². The highest BCUT2D eigenvalue weighted by molar-refractivity contribution is 6.19. The maximum atomic E-state index is 12.2. The minimum Gasteiger partial charge on any atom is -0.452 e. The first-order valence-electron chi connectivity index (χ1n) is 9.90. The molecule has 1 saturated heterocycles. The Labute approximate surface area is 175 Å². The van der Waals surface area contributed by atoms with Crippen LogP contribution in [0, 0.1) is 0 Å². The summed E-state index contributed by atoms with van der Waals surface area (Å²) in [4.78, 5) is 49.0. The number of nitrogens with zero attached hydrogens (tertiary/aromatic N) is 1. The molecule has 1 fully saturated rings. The third-order valence-corrected chi connectivity index (χ3v) is 5.01. The fourth-order valence-electron chi connectivity index (χ4n) is 3.23. The lowest BCUT2D eigenvalue weighted by molar-refractivity contribution is -0.125. The molecule has 2 aromatic carbocycles. The fraction of sp³-hybridized carbons (Fsp3) is 0.304. The van der Waals surface area contributed by atoms with Gasteiger partial charge < -0.3 is 10.1 Å². The lowest BCUT2D eigenvalue weighted by Gasteiger charge is -2.15. The first-order chi connectivity index (χ1) is 14.4. The minimum atomic E-state index is -0.657. The first kappa shape index (κ1) is 21.2. The molecule has 156 valence electrons. The molecular weight excluding hydrogens is 384 g/mol. The summed E-state index contributed by atoms with van der Waals surface area (Å²) in [5.74, 6) is -1.58. The summed E-state index contributed by atoms with van der Waals surface area (Å²) in [6.45, 7) is 3.54. The molecule has 1 N–H and O–H groups in total. The zero-order valence-corrected chi connectivity index (χ0v) is 17.0. The molecule has 7 nitrogen and oxygen atoms in total. The SMILES string of the molecule is CCc1ccc([C@H](C)NC(=O)COC(=O)c2ccc(N3C(=O)CCC3=O)cc2)cc1. The maximum Gasteiger partial charge on any atom is 0.338 e. The lowest BCUT2D eigenvalue weighted by atomic mass is 10.1. The van der Waals surface area contributed by atoms with Gasteiger partial charge in [0.15, 0.2) is 6.61 Å². The fourth-order valence-corrected chi connectivity index (χ4v) is 3.23. The molecule has 0 spiro atoms. The predicted molar refractivity (Wildman–Crippen MR) is 111 cm³/mol. The summed E-state index contributed by atoms with van der Waals surface area (Å²) in [6.07, 6.45) is 1.33. The molecule has 0 radical (unpaired) electrons. The van der Waals surface area contributed by atoms with Gasteiger partial charge in [-0.1, -0.05) is 31.2 Å². The molecule has 2 aromatic rings. The molecule has 1 aliphatic heterocycles. The summed E-state index contributed by atoms with van der Waals surface area (Å²) in [6, 6.07) is 13.7. The monoisotopic (exact) mass is 408 g/mol. The van der Waals surface area contributed by atoms with Gasteiger partial charge in [0.05, 0.1) is 17.3 Å². The van der Waals surface area contributed by atoms with E-state index >= 15 is 0 Å². The number of hydrogen-bond acceptors (Lipinski definition) is 5. The number of benzene rings is 2. The molecule has 0 aliphatic carbocycles. The van der Waals surface area contributed by atoms with Crippen LogP contribution >= 0.6 is 0 Å². The van der Waals surface area contributed by atoms with Gasteiger partial charge >= 0.3 is 5.97 Å². The number of aryl methyl sites for hydroxylation is 1. The van der Waals surface area contributed by atoms with Crippen molar-refractivity contribution in [2.24, 2.45) is 0 Å². The van der Waals surface area contributed by atoms with Crippen LogP contribution in [0.1, 0.15) is 54.2 Å². The van der Waals surface area contributed by atoms with Crippen LogP contribution in [0.5, 0.6) is 0 Å². The number of carbonyl (C=O) groups is 4. The van der Waals surface area contributed by atoms with Gasteiger partial charge in [0.2, 0.25) is 11.8 Å². The van der Waals surface area contributed by atoms with E-state index in [1.165, 1.54) is 29.8 Å². The number of carbonyl (C=O) groups excluding carboxylic acids is 4. The summed E-state index contributed by atoms with van der Waals surface area (Å²) in [5, 5.41) is 2.80. The average molecular weight is 408 g/mol. The number of nitrogens with one attached hydrogen (secondary N) is 1. The van der Waals surface area contributed by atoms with Crippen molar-refractivity contribution in [1.29, 1.82) is 0 Å². The number of ether oxygens (including phenoxy) is 1. The van der Waals surface area contributed by atoms with Crippen LogP contribution in [-0.4, -0.2) is 30.3 Å². The Hall–Kier alpha value is -3.48. The van der Waals surface area contributed by atoms with E-state index in [2.05, 4.69) is 12.2 Å². The summed E-state index contributed by atoms with van der Waals surface area (Å²) >= 11 is 0. The Balaban J connectivity index is 1.51. The molecule has 0 saturated carbocycles. The second-order valence-electron chi connectivity index (χ2n) is 7.13. The van der Waals surface area contributed by atoms with E-state index in [0.717, 1.165) is 16.9 Å². The second kappa shape index (κ2) is 9.35. The van der Waals surface area contributed by atoms with E-state index in [0.29, 0.717) is 5.69 Å². The highest BCUT2D eigenvalue weighted by Gasteiger charge is 2.30. The molecule has 0 aromatic heterocycles. The van der Waals surface area contributed by atoms with Crippen LogP contribution in [0.2, 0.25) is 0 Å². The van der Waals surface area contributed by atoms with Crippen molar-refractivity contribution < 1.29 is 23.9 Å². The number of amides is 3. The minimum absolute atomic E-state index is 0.193. The third kappa shape index (κ3) is 4.92. The quantitative estimate of drug-likeness (QED) is 0.562. The van der Waals surface area contributed by atoms with Gasteiger partial charge in [-0.05, 0) is 48.7 Å². The van der Waals surface area contributed by atoms with Crippen LogP contribution in [0.3, 0.4) is 0 Å². The van der Waals surface area contributed by atoms with Crippen molar-refractivity contribution in [2.45, 2.75) is 39.2 Å². The van der Waals surface area contributed by atoms with Crippen LogP contribution < -0.4 is 10.2 Å². The van der Waals surface area contributed by atoms with Gasteiger partial charge in [-0.3, -0.25) is 19.3 Å². The van der Waals surface area contributed by atoms with Crippen molar-refractivity contribution in [1.82, 2.24) is 5.32 Å². The molecule has 3 amide bonds. The molecule has 1 heterocycles. The second-order valence-corrected chi connectivity index (χ2v) is 7.13. The Morgan fingerprint density at radius 2 is 1.60 bits per heavy atom. The topological polar surface area (TPSA) is 92.8 Å². The summed E-state index contributed by atoms with van der Waals surface area (Å²) < 4.78 is 5.07. The van der Waals surface area contributed by atoms with Crippen LogP contribution in [0.25, 0.3) is 0 Å². The number of hydrogen-bond donors (Lipinski definition) is 1. The number of imide groups is 1. The predicted octanol–water partition coefficient (Wildman–Crippen LogP) is 2.94. The number of esters is 1. The normalized spacial score (nSPS) is 14.5. The molecular formula is C23H24N2O5. The maximum absolute atomic E-state index is 12.2. The van der Waals surface area contributed by atoms with Crippen molar-refractivity contribution >= 4 is 29.4 Å². The van der Waals surface area contributed by atoms with E-state index in [1.54, 1.807) is 0 Å². The van der Waals surface area contributed by atoms with E-state index in [9.17, 15) is 19.2 Å². The third-order valence-electron chi connectivity index (χ3n) is 5.01. The van der Waals surface area contributed by atoms with Crippen molar-refractivity contribution in [2.75, 3.05) is 11.5 Å². The van der Waals surface area contributed by atoms with Gasteiger partial charge in [0, 0.05) is 12.8 Å². The molecule has 3 rings (SSSR count). The zero-order valence-electron chi connectivity index (χ0n) is 17.0. The lowest BCUT2D eigenvalue weighted by Crippen LogP contribution is -2.31. The molecule has 7 heteroatoms. The highest BCUT2D eigenvalue weighted by Crippen LogP contribution is 2.23. The van der Waals surface area contributed by atoms with Crippen molar-refractivity contribution in [3.63, 3.8) is 0 Å². The molecule has 30 heavy (non-hydrogen) atoms. The Kier molecular flexibility index (Phi) is 6.61. The summed E-state index contributed by atoms with van der Waals surface area (Å²) in [5.41, 5.74) is 2.83. The molecule has 1 atom stereocenters. The smallest absolute Gasteiger partial charge is 0.338 e. The van der Waals surface area contributed by atoms with E-state index in [4.69, 9.17) is 4.74 Å². The van der Waals surface area contributed by atoms with E-state index < -0.39 is 18.5 Å². The van der Waals surface area contributed by atoms with Gasteiger partial charge in [-0.2, -0.15) is 0 Å². The molecule has 1 aliphatic rings. The summed E-state index contributed by atoms with van der Waals surface area (Å²) in [7, 11) is 0. The molecule has 0 unspecified atom stereocenters. The van der Waals surface area contributed by atoms with Crippen molar-refractivity contribution in [3.8, 4) is 0 Å². The van der Waals surface area contributed by atoms with Crippen molar-refractivity contribution in [3.05, 3.63) is 65.2 Å². The number of rotatable bonds is 7. The Morgan fingerprint density at radius 1 is 1.00 bits per heavy atom. The highest BCUT2D eigenvalue weighted by atomic mass is 16.5. The number of anilines is 1. The van der Waals surface area contributed by atoms with Crippen LogP contribution in [-0.2, 0) is 25.5 Å². The first-order valence-corrected chi connectivity index (χ1v) is 9.90. The average Bonchev–Trinajstić information content (AvgIpc) is 3.10. The standard InChI is InChI=1S/C23H24N2O5/c1-3-16-4-6-17(7-5-16)15(2)24-20(26)14-30-23(29)18-8-10-19(11-9-18)25-21(27)12-13-22(25)28/h4-11,15H,3,12-14H2,1-2H3,(H,24,26)/t15-/m0/s1. The zero-order chi connectivity index (χ0) is 21.7. The molecule has 0 bridgehead atoms. The largest absolute Gasteiger partial charge is 0.452 e. The van der Waals surface area contributed by atoms with Crippen LogP contribution in [0.15, 0.2) is 48.5 Å². The van der Waals surface area contributed by atoms with Gasteiger partial charge in [-0.25, -0.2) is 4.79 Å². The Morgan fingerprint density at radius 3 is 2.17 bits per heavy atom. The van der Waals surface area contributed by atoms with E-state index in [-0.39, 0.29) is 36.3 Å². The van der Waals surface area contributed by atoms with E-state index in [1.807, 2.05) is 31.2 Å². The Bertz CT molecular complexity index is 935.